The van der Waals surface area contributed by atoms with Crippen LogP contribution in [0.3, 0.4) is 0 Å². The van der Waals surface area contributed by atoms with E-state index in [0.717, 1.165) is 37.6 Å². The van der Waals surface area contributed by atoms with E-state index in [1.54, 1.807) is 11.3 Å². The number of halogens is 1. The van der Waals surface area contributed by atoms with E-state index in [9.17, 15) is 0 Å². The van der Waals surface area contributed by atoms with Crippen LogP contribution in [0, 0.1) is 8.80 Å². The molecule has 1 aliphatic carbocycles. The zero-order chi connectivity index (χ0) is 22.8. The van der Waals surface area contributed by atoms with Crippen LogP contribution in [-0.2, 0) is 9.47 Å². The van der Waals surface area contributed by atoms with E-state index in [0.29, 0.717) is 0 Å². The van der Waals surface area contributed by atoms with E-state index in [1.807, 2.05) is 11.3 Å². The molecule has 0 amide bonds. The molecule has 0 radical (unpaired) electrons. The maximum atomic E-state index is 6.53. The second-order valence-corrected chi connectivity index (χ2v) is 12.5. The highest BCUT2D eigenvalue weighted by Crippen LogP contribution is 2.47. The van der Waals surface area contributed by atoms with E-state index < -0.39 is 0 Å². The lowest BCUT2D eigenvalue weighted by atomic mass is 9.82. The van der Waals surface area contributed by atoms with E-state index in [-0.39, 0.29) is 11.8 Å². The number of thiophene rings is 2. The van der Waals surface area contributed by atoms with Gasteiger partial charge in [0.25, 0.3) is 0 Å². The van der Waals surface area contributed by atoms with Gasteiger partial charge in [0.05, 0.1) is 22.0 Å². The smallest absolute Gasteiger partial charge is 0.109 e. The molecule has 32 heavy (non-hydrogen) atoms. The largest absolute Gasteiger partial charge is 0.497 e. The van der Waals surface area contributed by atoms with Crippen LogP contribution in [0.15, 0.2) is 47.2 Å². The number of ether oxygens (including phenoxy) is 2. The lowest BCUT2D eigenvalue weighted by Crippen LogP contribution is -2.22. The number of allylic oxidation sites excluding steroid dienone is 4. The summed E-state index contributed by atoms with van der Waals surface area (Å²) in [6, 6.07) is 8.83. The summed E-state index contributed by atoms with van der Waals surface area (Å²) in [7, 11) is 0. The summed E-state index contributed by atoms with van der Waals surface area (Å²) < 4.78 is 14.3. The Balaban J connectivity index is 1.88. The Morgan fingerprint density at radius 2 is 1.62 bits per heavy atom. The third kappa shape index (κ3) is 7.10. The molecule has 2 heterocycles. The Hall–Kier alpha value is -0.790. The van der Waals surface area contributed by atoms with Crippen molar-refractivity contribution in [3.8, 4) is 0 Å². The minimum Gasteiger partial charge on any atom is -0.497 e. The zero-order valence-corrected chi connectivity index (χ0v) is 23.5. The molecular weight excluding hydrogens is 547 g/mol. The van der Waals surface area contributed by atoms with Crippen LogP contribution in [0.25, 0.3) is 5.57 Å². The molecule has 2 aromatic heterocycles. The van der Waals surface area contributed by atoms with Gasteiger partial charge in [0.2, 0.25) is 0 Å². The number of rotatable bonds is 14. The fraction of sp³-hybridized carbons (Fsp3) is 0.556. The topological polar surface area (TPSA) is 18.5 Å². The van der Waals surface area contributed by atoms with Gasteiger partial charge >= 0.3 is 0 Å². The van der Waals surface area contributed by atoms with Gasteiger partial charge in [-0.3, -0.25) is 0 Å². The molecule has 0 fully saturated rings. The Kier molecular flexibility index (Phi) is 11.1. The third-order valence-corrected chi connectivity index (χ3v) is 8.86. The van der Waals surface area contributed by atoms with Crippen molar-refractivity contribution < 1.29 is 9.47 Å². The highest BCUT2D eigenvalue weighted by molar-refractivity contribution is 14.1. The van der Waals surface area contributed by atoms with Crippen molar-refractivity contribution in [3.05, 3.63) is 59.9 Å². The standard InChI is InChI=1S/C27H37IO2S2/c1-4-6-8-10-16-29-22-19-21(23-13-12-18-31-23)27(30-17-11-9-7-5-2)20(3)26(22)24-14-15-25(28)32-24/h12-15,18-20,26H,4-11,16-17H2,1-3H3. The summed E-state index contributed by atoms with van der Waals surface area (Å²) in [5.74, 6) is 2.72. The normalized spacial score (nSPS) is 18.7. The second kappa shape index (κ2) is 13.8. The molecule has 176 valence electrons. The van der Waals surface area contributed by atoms with Gasteiger partial charge in [-0.1, -0.05) is 65.4 Å². The Labute approximate surface area is 216 Å². The van der Waals surface area contributed by atoms with Gasteiger partial charge in [-0.25, -0.2) is 0 Å². The average molecular weight is 585 g/mol. The van der Waals surface area contributed by atoms with Gasteiger partial charge in [0, 0.05) is 21.2 Å². The Morgan fingerprint density at radius 1 is 0.906 bits per heavy atom. The van der Waals surface area contributed by atoms with Crippen molar-refractivity contribution >= 4 is 50.8 Å². The Morgan fingerprint density at radius 3 is 2.22 bits per heavy atom. The van der Waals surface area contributed by atoms with Crippen molar-refractivity contribution in [2.75, 3.05) is 13.2 Å². The van der Waals surface area contributed by atoms with Gasteiger partial charge in [0.15, 0.2) is 0 Å². The van der Waals surface area contributed by atoms with Crippen LogP contribution in [-0.4, -0.2) is 13.2 Å². The molecule has 0 bridgehead atoms. The van der Waals surface area contributed by atoms with Crippen molar-refractivity contribution in [2.24, 2.45) is 5.92 Å². The molecule has 0 aliphatic heterocycles. The molecule has 2 nitrogen and oxygen atoms in total. The van der Waals surface area contributed by atoms with Gasteiger partial charge < -0.3 is 9.47 Å². The molecular formula is C27H37IO2S2. The van der Waals surface area contributed by atoms with Gasteiger partial charge in [-0.2, -0.15) is 0 Å². The van der Waals surface area contributed by atoms with Crippen LogP contribution in [0.1, 0.15) is 87.8 Å². The summed E-state index contributed by atoms with van der Waals surface area (Å²) in [5, 5.41) is 2.15. The molecule has 0 saturated carbocycles. The molecule has 5 heteroatoms. The number of unbranched alkanes of at least 4 members (excludes halogenated alkanes) is 6. The fourth-order valence-corrected chi connectivity index (χ4v) is 6.86. The summed E-state index contributed by atoms with van der Waals surface area (Å²) in [4.78, 5) is 2.64. The summed E-state index contributed by atoms with van der Waals surface area (Å²) in [6.07, 6.45) is 12.1. The molecule has 0 N–H and O–H groups in total. The first-order valence-corrected chi connectivity index (χ1v) is 14.9. The van der Waals surface area contributed by atoms with Crippen LogP contribution in [0.2, 0.25) is 0 Å². The molecule has 0 spiro atoms. The molecule has 2 atom stereocenters. The van der Waals surface area contributed by atoms with Gasteiger partial charge in [0.1, 0.15) is 11.5 Å². The van der Waals surface area contributed by atoms with Crippen molar-refractivity contribution in [2.45, 2.75) is 78.1 Å². The summed E-state index contributed by atoms with van der Waals surface area (Å²) in [5.41, 5.74) is 1.22. The predicted octanol–water partition coefficient (Wildman–Crippen LogP) is 9.64. The first kappa shape index (κ1) is 25.8. The van der Waals surface area contributed by atoms with Crippen molar-refractivity contribution in [3.63, 3.8) is 0 Å². The van der Waals surface area contributed by atoms with Gasteiger partial charge in [-0.15, -0.1) is 22.7 Å². The van der Waals surface area contributed by atoms with Crippen LogP contribution in [0.5, 0.6) is 0 Å². The summed E-state index contributed by atoms with van der Waals surface area (Å²) in [6.45, 7) is 8.41. The molecule has 2 aromatic rings. The minimum absolute atomic E-state index is 0.226. The monoisotopic (exact) mass is 584 g/mol. The third-order valence-electron chi connectivity index (χ3n) is 5.98. The average Bonchev–Trinajstić information content (AvgIpc) is 3.46. The van der Waals surface area contributed by atoms with Crippen LogP contribution >= 0.6 is 45.3 Å². The van der Waals surface area contributed by atoms with E-state index in [2.05, 4.69) is 79.1 Å². The number of hydrogen-bond donors (Lipinski definition) is 0. The molecule has 1 aliphatic rings. The fourth-order valence-electron chi connectivity index (χ4n) is 4.22. The number of hydrogen-bond acceptors (Lipinski definition) is 4. The molecule has 3 rings (SSSR count). The molecule has 2 unspecified atom stereocenters. The van der Waals surface area contributed by atoms with Crippen molar-refractivity contribution in [1.82, 2.24) is 0 Å². The molecule has 0 aromatic carbocycles. The quantitative estimate of drug-likeness (QED) is 0.163. The molecule has 0 saturated heterocycles. The van der Waals surface area contributed by atoms with E-state index >= 15 is 0 Å². The van der Waals surface area contributed by atoms with E-state index in [4.69, 9.17) is 9.47 Å². The van der Waals surface area contributed by atoms with Crippen LogP contribution < -0.4 is 0 Å². The predicted molar refractivity (Wildman–Crippen MR) is 148 cm³/mol. The summed E-state index contributed by atoms with van der Waals surface area (Å²) >= 11 is 6.08. The Bertz CT molecular complexity index is 866. The SMILES string of the molecule is CCCCCCOC1=CC(c2cccs2)=C(OCCCCCC)C(C)C1c1ccc(I)s1. The second-order valence-electron chi connectivity index (χ2n) is 8.53. The lowest BCUT2D eigenvalue weighted by molar-refractivity contribution is 0.140. The maximum absolute atomic E-state index is 6.53. The first-order chi connectivity index (χ1) is 15.7. The zero-order valence-electron chi connectivity index (χ0n) is 19.7. The highest BCUT2D eigenvalue weighted by Gasteiger charge is 2.36. The maximum Gasteiger partial charge on any atom is 0.109 e. The lowest BCUT2D eigenvalue weighted by Gasteiger charge is -2.33. The van der Waals surface area contributed by atoms with Crippen LogP contribution in [0.4, 0.5) is 0 Å². The van der Waals surface area contributed by atoms with Crippen molar-refractivity contribution in [1.29, 1.82) is 0 Å². The van der Waals surface area contributed by atoms with Gasteiger partial charge in [-0.05, 0) is 65.1 Å². The minimum atomic E-state index is 0.226. The highest BCUT2D eigenvalue weighted by atomic mass is 127. The first-order valence-electron chi connectivity index (χ1n) is 12.2. The van der Waals surface area contributed by atoms with E-state index in [1.165, 1.54) is 56.7 Å².